The van der Waals surface area contributed by atoms with Crippen molar-refractivity contribution in [2.24, 2.45) is 10.9 Å². The lowest BCUT2D eigenvalue weighted by Crippen LogP contribution is -2.27. The van der Waals surface area contributed by atoms with Crippen LogP contribution in [0.2, 0.25) is 0 Å². The molecule has 0 aromatic heterocycles. The lowest BCUT2D eigenvalue weighted by atomic mass is 10.1. The highest BCUT2D eigenvalue weighted by atomic mass is 16.5. The maximum Gasteiger partial charge on any atom is 0.224 e. The van der Waals surface area contributed by atoms with Crippen molar-refractivity contribution in [2.45, 2.75) is 27.2 Å². The van der Waals surface area contributed by atoms with Crippen molar-refractivity contribution in [1.82, 2.24) is 4.90 Å². The lowest BCUT2D eigenvalue weighted by molar-refractivity contribution is -0.116. The summed E-state index contributed by atoms with van der Waals surface area (Å²) in [5.74, 6) is 2.62. The van der Waals surface area contributed by atoms with E-state index in [-0.39, 0.29) is 5.91 Å². The smallest absolute Gasteiger partial charge is 0.224 e. The molecule has 0 saturated heterocycles. The van der Waals surface area contributed by atoms with Gasteiger partial charge in [0.15, 0.2) is 5.75 Å². The second kappa shape index (κ2) is 7.60. The molecule has 0 unspecified atom stereocenters. The summed E-state index contributed by atoms with van der Waals surface area (Å²) in [5, 5.41) is 2.97. The monoisotopic (exact) mass is 351 g/mol. The highest BCUT2D eigenvalue weighted by Gasteiger charge is 2.21. The number of hydrogen-bond donors (Lipinski definition) is 1. The number of rotatable bonds is 4. The molecule has 2 aromatic rings. The zero-order chi connectivity index (χ0) is 18.7. The molecular formula is C21H25N3O2. The van der Waals surface area contributed by atoms with Crippen LogP contribution in [0.15, 0.2) is 47.5 Å². The van der Waals surface area contributed by atoms with Crippen molar-refractivity contribution in [3.8, 4) is 11.5 Å². The third kappa shape index (κ3) is 3.87. The summed E-state index contributed by atoms with van der Waals surface area (Å²) >= 11 is 0. The van der Waals surface area contributed by atoms with Crippen molar-refractivity contribution in [2.75, 3.05) is 18.9 Å². The molecule has 136 valence electrons. The summed E-state index contributed by atoms with van der Waals surface area (Å²) in [4.78, 5) is 19.0. The van der Waals surface area contributed by atoms with Crippen LogP contribution in [0.5, 0.6) is 11.5 Å². The minimum atomic E-state index is 0.0140. The summed E-state index contributed by atoms with van der Waals surface area (Å²) in [6.45, 7) is 6.95. The number of carbonyl (C=O) groups is 1. The maximum atomic E-state index is 12.1. The fourth-order valence-corrected chi connectivity index (χ4v) is 2.82. The Morgan fingerprint density at radius 2 is 1.96 bits per heavy atom. The highest BCUT2D eigenvalue weighted by molar-refractivity contribution is 6.05. The zero-order valence-electron chi connectivity index (χ0n) is 15.7. The van der Waals surface area contributed by atoms with E-state index in [9.17, 15) is 4.79 Å². The average Bonchev–Trinajstić information content (AvgIpc) is 2.76. The Hall–Kier alpha value is -2.82. The molecule has 0 saturated carbocycles. The molecule has 0 bridgehead atoms. The molecule has 2 aromatic carbocycles. The topological polar surface area (TPSA) is 53.9 Å². The summed E-state index contributed by atoms with van der Waals surface area (Å²) in [7, 11) is 2.00. The number of fused-ring (bicyclic) bond motifs is 2. The molecule has 3 rings (SSSR count). The van der Waals surface area contributed by atoms with Gasteiger partial charge in [0.05, 0.1) is 5.56 Å². The van der Waals surface area contributed by atoms with Crippen molar-refractivity contribution >= 4 is 23.1 Å². The van der Waals surface area contributed by atoms with Crippen LogP contribution in [0.4, 0.5) is 11.4 Å². The first-order valence-corrected chi connectivity index (χ1v) is 8.99. The van der Waals surface area contributed by atoms with Gasteiger partial charge in [-0.2, -0.15) is 0 Å². The molecule has 26 heavy (non-hydrogen) atoms. The SMILES string of the molecule is CCN(C)C1=Nc2ccccc2Oc2ccc(NC(=O)CC(C)C)cc21. The van der Waals surface area contributed by atoms with Gasteiger partial charge >= 0.3 is 0 Å². The number of nitrogens with zero attached hydrogens (tertiary/aromatic N) is 2. The van der Waals surface area contributed by atoms with Crippen LogP contribution in [0, 0.1) is 5.92 Å². The van der Waals surface area contributed by atoms with Crippen molar-refractivity contribution < 1.29 is 9.53 Å². The second-order valence-corrected chi connectivity index (χ2v) is 6.88. The number of aliphatic imine (C=N–C) groups is 1. The first-order chi connectivity index (χ1) is 12.5. The third-order valence-corrected chi connectivity index (χ3v) is 4.25. The molecule has 0 aliphatic carbocycles. The first kappa shape index (κ1) is 18.0. The predicted molar refractivity (Wildman–Crippen MR) is 106 cm³/mol. The summed E-state index contributed by atoms with van der Waals surface area (Å²) in [6.07, 6.45) is 0.495. The average molecular weight is 351 g/mol. The standard InChI is InChI=1S/C21H25N3O2/c1-5-24(4)21-16-13-15(22-20(25)12-14(2)3)10-11-18(16)26-19-9-7-6-8-17(19)23-21/h6-11,13-14H,5,12H2,1-4H3,(H,22,25). The molecule has 0 spiro atoms. The van der Waals surface area contributed by atoms with Crippen LogP contribution in [0.1, 0.15) is 32.8 Å². The minimum absolute atomic E-state index is 0.0140. The lowest BCUT2D eigenvalue weighted by Gasteiger charge is -2.20. The predicted octanol–water partition coefficient (Wildman–Crippen LogP) is 4.81. The Morgan fingerprint density at radius 3 is 2.69 bits per heavy atom. The van der Waals surface area contributed by atoms with E-state index in [1.54, 1.807) is 0 Å². The fourth-order valence-electron chi connectivity index (χ4n) is 2.82. The van der Waals surface area contributed by atoms with E-state index in [1.807, 2.05) is 63.4 Å². The maximum absolute atomic E-state index is 12.1. The van der Waals surface area contributed by atoms with Crippen molar-refractivity contribution in [3.05, 3.63) is 48.0 Å². The molecule has 1 N–H and O–H groups in total. The molecule has 0 radical (unpaired) electrons. The third-order valence-electron chi connectivity index (χ3n) is 4.25. The Bertz CT molecular complexity index is 843. The molecule has 5 nitrogen and oxygen atoms in total. The molecule has 1 amide bonds. The molecule has 0 fully saturated rings. The quantitative estimate of drug-likeness (QED) is 0.860. The molecular weight excluding hydrogens is 326 g/mol. The Labute approximate surface area is 154 Å². The summed E-state index contributed by atoms with van der Waals surface area (Å²) < 4.78 is 6.10. The number of amidine groups is 1. The van der Waals surface area contributed by atoms with Crippen LogP contribution < -0.4 is 10.1 Å². The van der Waals surface area contributed by atoms with Gasteiger partial charge in [-0.25, -0.2) is 4.99 Å². The number of amides is 1. The van der Waals surface area contributed by atoms with Gasteiger partial charge in [-0.3, -0.25) is 4.79 Å². The van der Waals surface area contributed by atoms with E-state index in [0.29, 0.717) is 12.3 Å². The number of ether oxygens (including phenoxy) is 1. The van der Waals surface area contributed by atoms with Crippen LogP contribution in [0.25, 0.3) is 0 Å². The summed E-state index contributed by atoms with van der Waals surface area (Å²) in [6, 6.07) is 13.4. The molecule has 1 aliphatic heterocycles. The van der Waals surface area contributed by atoms with Gasteiger partial charge in [-0.15, -0.1) is 0 Å². The Kier molecular flexibility index (Phi) is 5.26. The van der Waals surface area contributed by atoms with E-state index in [2.05, 4.69) is 17.1 Å². The molecule has 1 aliphatic rings. The molecule has 1 heterocycles. The van der Waals surface area contributed by atoms with Gasteiger partial charge in [0.1, 0.15) is 17.3 Å². The van der Waals surface area contributed by atoms with Crippen LogP contribution in [-0.4, -0.2) is 30.2 Å². The number of para-hydroxylation sites is 2. The van der Waals surface area contributed by atoms with Gasteiger partial charge < -0.3 is 15.0 Å². The fraction of sp³-hybridized carbons (Fsp3) is 0.333. The largest absolute Gasteiger partial charge is 0.454 e. The van der Waals surface area contributed by atoms with Crippen molar-refractivity contribution in [3.63, 3.8) is 0 Å². The van der Waals surface area contributed by atoms with Crippen LogP contribution >= 0.6 is 0 Å². The molecule has 5 heteroatoms. The number of carbonyl (C=O) groups excluding carboxylic acids is 1. The van der Waals surface area contributed by atoms with E-state index in [0.717, 1.165) is 40.8 Å². The van der Waals surface area contributed by atoms with Crippen molar-refractivity contribution in [1.29, 1.82) is 0 Å². The normalized spacial score (nSPS) is 12.4. The highest BCUT2D eigenvalue weighted by Crippen LogP contribution is 2.38. The Morgan fingerprint density at radius 1 is 1.19 bits per heavy atom. The summed E-state index contributed by atoms with van der Waals surface area (Å²) in [5.41, 5.74) is 2.42. The van der Waals surface area contributed by atoms with Gasteiger partial charge in [-0.05, 0) is 43.2 Å². The van der Waals surface area contributed by atoms with E-state index >= 15 is 0 Å². The van der Waals surface area contributed by atoms with Crippen LogP contribution in [0.3, 0.4) is 0 Å². The van der Waals surface area contributed by atoms with Crippen LogP contribution in [-0.2, 0) is 4.79 Å². The number of benzene rings is 2. The Balaban J connectivity index is 2.01. The van der Waals surface area contributed by atoms with Gasteiger partial charge in [-0.1, -0.05) is 26.0 Å². The van der Waals surface area contributed by atoms with E-state index in [1.165, 1.54) is 0 Å². The minimum Gasteiger partial charge on any atom is -0.454 e. The van der Waals surface area contributed by atoms with E-state index < -0.39 is 0 Å². The second-order valence-electron chi connectivity index (χ2n) is 6.88. The number of nitrogens with one attached hydrogen (secondary N) is 1. The molecule has 0 atom stereocenters. The first-order valence-electron chi connectivity index (χ1n) is 8.99. The van der Waals surface area contributed by atoms with E-state index in [4.69, 9.17) is 9.73 Å². The van der Waals surface area contributed by atoms with Gasteiger partial charge in [0.25, 0.3) is 0 Å². The van der Waals surface area contributed by atoms with Gasteiger partial charge in [0, 0.05) is 25.7 Å². The zero-order valence-corrected chi connectivity index (χ0v) is 15.7. The van der Waals surface area contributed by atoms with Gasteiger partial charge in [0.2, 0.25) is 5.91 Å². The number of hydrogen-bond acceptors (Lipinski definition) is 4. The number of anilines is 1.